The summed E-state index contributed by atoms with van der Waals surface area (Å²) in [4.78, 5) is 0. The molecular weight excluding hydrogens is 148 g/mol. The zero-order valence-corrected chi connectivity index (χ0v) is 8.42. The maximum atomic E-state index is 9.71. The molecule has 0 saturated heterocycles. The minimum Gasteiger partial charge on any atom is -0.393 e. The number of rotatable bonds is 3. The van der Waals surface area contributed by atoms with Crippen molar-refractivity contribution in [1.29, 1.82) is 0 Å². The molecule has 1 heteroatoms. The van der Waals surface area contributed by atoms with Gasteiger partial charge in [0.15, 0.2) is 0 Å². The van der Waals surface area contributed by atoms with Crippen LogP contribution in [0, 0.1) is 11.8 Å². The van der Waals surface area contributed by atoms with Gasteiger partial charge >= 0.3 is 0 Å². The highest BCUT2D eigenvalue weighted by atomic mass is 16.3. The van der Waals surface area contributed by atoms with Crippen molar-refractivity contribution >= 4 is 0 Å². The van der Waals surface area contributed by atoms with Crippen LogP contribution >= 0.6 is 0 Å². The van der Waals surface area contributed by atoms with Crippen molar-refractivity contribution in [2.45, 2.75) is 58.5 Å². The Hall–Kier alpha value is -0.0400. The van der Waals surface area contributed by atoms with Crippen LogP contribution < -0.4 is 0 Å². The molecule has 12 heavy (non-hydrogen) atoms. The largest absolute Gasteiger partial charge is 0.393 e. The van der Waals surface area contributed by atoms with E-state index < -0.39 is 0 Å². The average molecular weight is 170 g/mol. The lowest BCUT2D eigenvalue weighted by molar-refractivity contribution is 0.0571. The Morgan fingerprint density at radius 1 is 1.33 bits per heavy atom. The van der Waals surface area contributed by atoms with Gasteiger partial charge in [0.1, 0.15) is 0 Å². The van der Waals surface area contributed by atoms with E-state index in [1.165, 1.54) is 32.1 Å². The van der Waals surface area contributed by atoms with Crippen molar-refractivity contribution in [2.24, 2.45) is 11.8 Å². The van der Waals surface area contributed by atoms with Crippen molar-refractivity contribution in [2.75, 3.05) is 0 Å². The lowest BCUT2D eigenvalue weighted by Gasteiger charge is -2.29. The van der Waals surface area contributed by atoms with E-state index in [2.05, 4.69) is 13.8 Å². The molecule has 1 N–H and O–H groups in total. The lowest BCUT2D eigenvalue weighted by atomic mass is 9.80. The normalized spacial score (nSPS) is 33.2. The van der Waals surface area contributed by atoms with Crippen LogP contribution in [0.3, 0.4) is 0 Å². The summed E-state index contributed by atoms with van der Waals surface area (Å²) in [5, 5.41) is 9.71. The minimum atomic E-state index is 0.00718. The van der Waals surface area contributed by atoms with Gasteiger partial charge in [0.2, 0.25) is 0 Å². The maximum absolute atomic E-state index is 9.71. The quantitative estimate of drug-likeness (QED) is 0.690. The highest BCUT2D eigenvalue weighted by molar-refractivity contribution is 4.75. The van der Waals surface area contributed by atoms with Crippen molar-refractivity contribution in [3.8, 4) is 0 Å². The molecule has 0 bridgehead atoms. The first-order valence-electron chi connectivity index (χ1n) is 5.42. The van der Waals surface area contributed by atoms with Crippen LogP contribution in [0.2, 0.25) is 0 Å². The van der Waals surface area contributed by atoms with Crippen LogP contribution in [0.25, 0.3) is 0 Å². The molecule has 1 saturated carbocycles. The summed E-state index contributed by atoms with van der Waals surface area (Å²) in [6, 6.07) is 0. The predicted molar refractivity (Wildman–Crippen MR) is 52.0 cm³/mol. The highest BCUT2D eigenvalue weighted by Crippen LogP contribution is 2.30. The van der Waals surface area contributed by atoms with Crippen molar-refractivity contribution in [1.82, 2.24) is 0 Å². The Balaban J connectivity index is 2.28. The molecule has 1 aliphatic carbocycles. The molecule has 0 spiro atoms. The molecule has 0 heterocycles. The zero-order chi connectivity index (χ0) is 8.97. The minimum absolute atomic E-state index is 0.00718. The number of aliphatic hydroxyl groups is 1. The monoisotopic (exact) mass is 170 g/mol. The van der Waals surface area contributed by atoms with E-state index in [4.69, 9.17) is 0 Å². The second kappa shape index (κ2) is 4.86. The molecule has 3 atom stereocenters. The lowest BCUT2D eigenvalue weighted by Crippen LogP contribution is -2.25. The Labute approximate surface area is 76.2 Å². The van der Waals surface area contributed by atoms with E-state index in [9.17, 15) is 5.11 Å². The highest BCUT2D eigenvalue weighted by Gasteiger charge is 2.23. The van der Waals surface area contributed by atoms with Crippen molar-refractivity contribution in [3.05, 3.63) is 0 Å². The fraction of sp³-hybridized carbons (Fsp3) is 1.00. The molecule has 0 radical (unpaired) electrons. The van der Waals surface area contributed by atoms with Crippen LogP contribution in [0.15, 0.2) is 0 Å². The van der Waals surface area contributed by atoms with Crippen LogP contribution in [0.4, 0.5) is 0 Å². The zero-order valence-electron chi connectivity index (χ0n) is 8.42. The van der Waals surface area contributed by atoms with Gasteiger partial charge in [-0.05, 0) is 31.1 Å². The second-order valence-corrected chi connectivity index (χ2v) is 4.36. The summed E-state index contributed by atoms with van der Waals surface area (Å²) in [5.41, 5.74) is 0. The summed E-state index contributed by atoms with van der Waals surface area (Å²) in [6.45, 7) is 4.53. The van der Waals surface area contributed by atoms with Gasteiger partial charge in [-0.3, -0.25) is 0 Å². The summed E-state index contributed by atoms with van der Waals surface area (Å²) in [6.07, 6.45) is 7.36. The van der Waals surface area contributed by atoms with E-state index in [-0.39, 0.29) is 6.10 Å². The third-order valence-electron chi connectivity index (χ3n) is 3.27. The van der Waals surface area contributed by atoms with E-state index in [1.807, 2.05) is 0 Å². The van der Waals surface area contributed by atoms with Gasteiger partial charge in [-0.25, -0.2) is 0 Å². The predicted octanol–water partition coefficient (Wildman–Crippen LogP) is 2.97. The standard InChI is InChI=1S/C11H22O/c1-3-9(2)8-10-6-4-5-7-11(10)12/h9-12H,3-8H2,1-2H3. The van der Waals surface area contributed by atoms with Gasteiger partial charge in [-0.15, -0.1) is 0 Å². The van der Waals surface area contributed by atoms with E-state index >= 15 is 0 Å². The fourth-order valence-corrected chi connectivity index (χ4v) is 2.15. The Kier molecular flexibility index (Phi) is 4.07. The van der Waals surface area contributed by atoms with E-state index in [0.29, 0.717) is 5.92 Å². The van der Waals surface area contributed by atoms with Crippen molar-refractivity contribution < 1.29 is 5.11 Å². The molecule has 0 amide bonds. The average Bonchev–Trinajstić information content (AvgIpc) is 2.09. The third kappa shape index (κ3) is 2.78. The van der Waals surface area contributed by atoms with Crippen LogP contribution in [0.1, 0.15) is 52.4 Å². The Morgan fingerprint density at radius 3 is 2.58 bits per heavy atom. The molecule has 0 aliphatic heterocycles. The van der Waals surface area contributed by atoms with E-state index in [0.717, 1.165) is 12.3 Å². The molecule has 0 aromatic carbocycles. The fourth-order valence-electron chi connectivity index (χ4n) is 2.15. The summed E-state index contributed by atoms with van der Waals surface area (Å²) in [7, 11) is 0. The first-order chi connectivity index (χ1) is 5.74. The molecular formula is C11H22O. The third-order valence-corrected chi connectivity index (χ3v) is 3.27. The number of hydrogen-bond acceptors (Lipinski definition) is 1. The molecule has 0 aromatic heterocycles. The van der Waals surface area contributed by atoms with Crippen LogP contribution in [-0.2, 0) is 0 Å². The molecule has 0 aromatic rings. The summed E-state index contributed by atoms with van der Waals surface area (Å²) in [5.74, 6) is 1.40. The number of hydrogen-bond donors (Lipinski definition) is 1. The SMILES string of the molecule is CCC(C)CC1CCCCC1O. The van der Waals surface area contributed by atoms with Gasteiger partial charge in [0.25, 0.3) is 0 Å². The van der Waals surface area contributed by atoms with Crippen molar-refractivity contribution in [3.63, 3.8) is 0 Å². The van der Waals surface area contributed by atoms with Crippen LogP contribution in [-0.4, -0.2) is 11.2 Å². The molecule has 72 valence electrons. The molecule has 1 nitrogen and oxygen atoms in total. The first kappa shape index (κ1) is 10.0. The first-order valence-corrected chi connectivity index (χ1v) is 5.42. The second-order valence-electron chi connectivity index (χ2n) is 4.36. The van der Waals surface area contributed by atoms with Gasteiger partial charge in [0.05, 0.1) is 6.10 Å². The number of aliphatic hydroxyl groups excluding tert-OH is 1. The van der Waals surface area contributed by atoms with Gasteiger partial charge in [0, 0.05) is 0 Å². The maximum Gasteiger partial charge on any atom is 0.0568 e. The summed E-state index contributed by atoms with van der Waals surface area (Å²) < 4.78 is 0. The van der Waals surface area contributed by atoms with Gasteiger partial charge < -0.3 is 5.11 Å². The Bertz CT molecular complexity index is 122. The molecule has 3 unspecified atom stereocenters. The smallest absolute Gasteiger partial charge is 0.0568 e. The Morgan fingerprint density at radius 2 is 2.00 bits per heavy atom. The van der Waals surface area contributed by atoms with E-state index in [1.54, 1.807) is 0 Å². The molecule has 1 aliphatic rings. The van der Waals surface area contributed by atoms with Crippen LogP contribution in [0.5, 0.6) is 0 Å². The van der Waals surface area contributed by atoms with Gasteiger partial charge in [-0.1, -0.05) is 33.1 Å². The molecule has 1 rings (SSSR count). The summed E-state index contributed by atoms with van der Waals surface area (Å²) >= 11 is 0. The topological polar surface area (TPSA) is 20.2 Å². The van der Waals surface area contributed by atoms with Gasteiger partial charge in [-0.2, -0.15) is 0 Å². The molecule has 1 fully saturated rings.